The van der Waals surface area contributed by atoms with E-state index in [1.165, 1.54) is 0 Å². The van der Waals surface area contributed by atoms with Crippen molar-refractivity contribution in [3.8, 4) is 5.75 Å². The van der Waals surface area contributed by atoms with Crippen LogP contribution < -0.4 is 15.4 Å². The molecule has 1 unspecified atom stereocenters. The summed E-state index contributed by atoms with van der Waals surface area (Å²) in [5.74, 6) is -1.78. The van der Waals surface area contributed by atoms with Crippen LogP contribution >= 0.6 is 0 Å². The number of hydrogen-bond acceptors (Lipinski definition) is 3. The Kier molecular flexibility index (Phi) is 7.49. The first kappa shape index (κ1) is 21.3. The van der Waals surface area contributed by atoms with Gasteiger partial charge in [-0.3, -0.25) is 9.59 Å². The Balaban J connectivity index is 1.80. The maximum Gasteiger partial charge on any atom is 0.254 e. The molecular formula is C21H24F2N2O3. The van der Waals surface area contributed by atoms with Gasteiger partial charge < -0.3 is 15.4 Å². The van der Waals surface area contributed by atoms with Gasteiger partial charge in [-0.15, -0.1) is 0 Å². The summed E-state index contributed by atoms with van der Waals surface area (Å²) in [4.78, 5) is 24.0. The van der Waals surface area contributed by atoms with E-state index in [9.17, 15) is 18.4 Å². The van der Waals surface area contributed by atoms with Crippen molar-refractivity contribution in [1.82, 2.24) is 10.6 Å². The Labute approximate surface area is 163 Å². The topological polar surface area (TPSA) is 67.4 Å². The lowest BCUT2D eigenvalue weighted by Gasteiger charge is -2.18. The van der Waals surface area contributed by atoms with E-state index >= 15 is 0 Å². The van der Waals surface area contributed by atoms with Gasteiger partial charge in [0.2, 0.25) is 5.91 Å². The zero-order chi connectivity index (χ0) is 20.7. The van der Waals surface area contributed by atoms with Gasteiger partial charge in [0.25, 0.3) is 5.91 Å². The Morgan fingerprint density at radius 1 is 1.14 bits per heavy atom. The van der Waals surface area contributed by atoms with Gasteiger partial charge in [-0.1, -0.05) is 17.7 Å². The molecule has 0 aromatic heterocycles. The lowest BCUT2D eigenvalue weighted by atomic mass is 10.0. The number of amides is 2. The molecule has 0 heterocycles. The van der Waals surface area contributed by atoms with Crippen molar-refractivity contribution in [3.63, 3.8) is 0 Å². The lowest BCUT2D eigenvalue weighted by molar-refractivity contribution is -0.121. The molecule has 0 saturated carbocycles. The normalized spacial score (nSPS) is 11.6. The Hall–Kier alpha value is -2.96. The fourth-order valence-corrected chi connectivity index (χ4v) is 2.80. The summed E-state index contributed by atoms with van der Waals surface area (Å²) in [6, 6.07) is 8.28. The number of benzene rings is 2. The molecule has 150 valence electrons. The third-order valence-electron chi connectivity index (χ3n) is 4.27. The second kappa shape index (κ2) is 9.82. The molecule has 2 rings (SSSR count). The highest BCUT2D eigenvalue weighted by Gasteiger charge is 2.15. The van der Waals surface area contributed by atoms with Gasteiger partial charge in [0, 0.05) is 24.6 Å². The number of hydrogen-bond donors (Lipinski definition) is 2. The van der Waals surface area contributed by atoms with Crippen molar-refractivity contribution in [2.45, 2.75) is 32.7 Å². The number of nitrogens with one attached hydrogen (secondary N) is 2. The molecule has 0 saturated heterocycles. The van der Waals surface area contributed by atoms with Gasteiger partial charge in [-0.2, -0.15) is 0 Å². The number of halogens is 2. The van der Waals surface area contributed by atoms with Crippen LogP contribution in [-0.2, 0) is 4.79 Å². The van der Waals surface area contributed by atoms with Crippen molar-refractivity contribution in [2.24, 2.45) is 0 Å². The fraction of sp³-hybridized carbons (Fsp3) is 0.333. The van der Waals surface area contributed by atoms with E-state index in [4.69, 9.17) is 4.74 Å². The van der Waals surface area contributed by atoms with Crippen LogP contribution in [-0.4, -0.2) is 25.5 Å². The molecule has 0 spiro atoms. The number of carbonyl (C=O) groups is 2. The first-order valence-electron chi connectivity index (χ1n) is 8.99. The first-order chi connectivity index (χ1) is 13.3. The number of aryl methyl sites for hydroxylation is 1. The number of ether oxygens (including phenoxy) is 1. The Morgan fingerprint density at radius 3 is 2.57 bits per heavy atom. The lowest BCUT2D eigenvalue weighted by Crippen LogP contribution is -2.29. The fourth-order valence-electron chi connectivity index (χ4n) is 2.80. The van der Waals surface area contributed by atoms with Crippen molar-refractivity contribution in [1.29, 1.82) is 0 Å². The molecule has 1 atom stereocenters. The smallest absolute Gasteiger partial charge is 0.254 e. The predicted molar refractivity (Wildman–Crippen MR) is 102 cm³/mol. The van der Waals surface area contributed by atoms with Crippen LogP contribution in [0.2, 0.25) is 0 Å². The highest BCUT2D eigenvalue weighted by molar-refractivity contribution is 5.94. The Morgan fingerprint density at radius 2 is 1.89 bits per heavy atom. The summed E-state index contributed by atoms with van der Waals surface area (Å²) >= 11 is 0. The number of methoxy groups -OCH3 is 1. The standard InChI is InChI=1S/C21H24F2N2O3/c1-13-6-9-19(28-3)17(11-13)14(2)25-20(26)5-4-10-24-21(27)16-8-7-15(22)12-18(16)23/h6-9,11-12,14H,4-5,10H2,1-3H3,(H,24,27)(H,25,26). The van der Waals surface area contributed by atoms with Gasteiger partial charge in [0.05, 0.1) is 18.7 Å². The second-order valence-electron chi connectivity index (χ2n) is 6.52. The summed E-state index contributed by atoms with van der Waals surface area (Å²) in [5, 5.41) is 5.42. The van der Waals surface area contributed by atoms with Crippen molar-refractivity contribution in [2.75, 3.05) is 13.7 Å². The van der Waals surface area contributed by atoms with E-state index in [1.54, 1.807) is 7.11 Å². The highest BCUT2D eigenvalue weighted by Crippen LogP contribution is 2.26. The highest BCUT2D eigenvalue weighted by atomic mass is 19.1. The van der Waals surface area contributed by atoms with Gasteiger partial charge >= 0.3 is 0 Å². The molecule has 5 nitrogen and oxygen atoms in total. The van der Waals surface area contributed by atoms with Crippen LogP contribution in [0.1, 0.15) is 47.3 Å². The maximum atomic E-state index is 13.6. The van der Waals surface area contributed by atoms with Crippen LogP contribution in [0, 0.1) is 18.6 Å². The molecular weight excluding hydrogens is 366 g/mol. The Bertz CT molecular complexity index is 856. The molecule has 2 N–H and O–H groups in total. The van der Waals surface area contributed by atoms with Crippen LogP contribution in [0.15, 0.2) is 36.4 Å². The van der Waals surface area contributed by atoms with Gasteiger partial charge in [-0.25, -0.2) is 8.78 Å². The van der Waals surface area contributed by atoms with E-state index in [0.29, 0.717) is 18.2 Å². The van der Waals surface area contributed by atoms with Crippen LogP contribution in [0.4, 0.5) is 8.78 Å². The largest absolute Gasteiger partial charge is 0.496 e. The molecule has 2 aromatic rings. The van der Waals surface area contributed by atoms with Crippen LogP contribution in [0.5, 0.6) is 5.75 Å². The minimum Gasteiger partial charge on any atom is -0.496 e. The van der Waals surface area contributed by atoms with Crippen LogP contribution in [0.25, 0.3) is 0 Å². The van der Waals surface area contributed by atoms with E-state index in [1.807, 2.05) is 32.0 Å². The molecule has 28 heavy (non-hydrogen) atoms. The first-order valence-corrected chi connectivity index (χ1v) is 8.99. The summed E-state index contributed by atoms with van der Waals surface area (Å²) in [5.41, 5.74) is 1.72. The zero-order valence-electron chi connectivity index (χ0n) is 16.1. The minimum atomic E-state index is -0.920. The van der Waals surface area contributed by atoms with Crippen molar-refractivity contribution >= 4 is 11.8 Å². The monoisotopic (exact) mass is 390 g/mol. The predicted octanol–water partition coefficient (Wildman–Crippen LogP) is 3.67. The zero-order valence-corrected chi connectivity index (χ0v) is 16.1. The van der Waals surface area contributed by atoms with E-state index in [2.05, 4.69) is 10.6 Å². The molecule has 0 radical (unpaired) electrons. The SMILES string of the molecule is COc1ccc(C)cc1C(C)NC(=O)CCCNC(=O)c1ccc(F)cc1F. The summed E-state index contributed by atoms with van der Waals surface area (Å²) in [7, 11) is 1.58. The van der Waals surface area contributed by atoms with E-state index < -0.39 is 17.5 Å². The molecule has 7 heteroatoms. The van der Waals surface area contributed by atoms with Crippen molar-refractivity contribution < 1.29 is 23.1 Å². The molecule has 2 amide bonds. The molecule has 0 aliphatic carbocycles. The summed E-state index contributed by atoms with van der Waals surface area (Å²) in [6.07, 6.45) is 0.586. The molecule has 2 aromatic carbocycles. The molecule has 0 aliphatic rings. The summed E-state index contributed by atoms with van der Waals surface area (Å²) < 4.78 is 31.8. The van der Waals surface area contributed by atoms with Crippen LogP contribution in [0.3, 0.4) is 0 Å². The third kappa shape index (κ3) is 5.77. The van der Waals surface area contributed by atoms with Gasteiger partial charge in [-0.05, 0) is 38.5 Å². The van der Waals surface area contributed by atoms with E-state index in [0.717, 1.165) is 23.3 Å². The maximum absolute atomic E-state index is 13.6. The van der Waals surface area contributed by atoms with Crippen molar-refractivity contribution in [3.05, 3.63) is 64.7 Å². The molecule has 0 fully saturated rings. The summed E-state index contributed by atoms with van der Waals surface area (Å²) in [6.45, 7) is 4.03. The number of rotatable bonds is 8. The third-order valence-corrected chi connectivity index (χ3v) is 4.27. The van der Waals surface area contributed by atoms with E-state index in [-0.39, 0.29) is 30.5 Å². The molecule has 0 aliphatic heterocycles. The quantitative estimate of drug-likeness (QED) is 0.676. The van der Waals surface area contributed by atoms with Gasteiger partial charge in [0.1, 0.15) is 17.4 Å². The second-order valence-corrected chi connectivity index (χ2v) is 6.52. The van der Waals surface area contributed by atoms with Gasteiger partial charge in [0.15, 0.2) is 0 Å². The molecule has 0 bridgehead atoms. The number of carbonyl (C=O) groups excluding carboxylic acids is 2. The average molecular weight is 390 g/mol. The minimum absolute atomic E-state index is 0.168. The average Bonchev–Trinajstić information content (AvgIpc) is 2.65.